The molecule has 0 aromatic heterocycles. The first-order valence-corrected chi connectivity index (χ1v) is 5.08. The highest BCUT2D eigenvalue weighted by Gasteiger charge is 2.09. The third kappa shape index (κ3) is 3.40. The summed E-state index contributed by atoms with van der Waals surface area (Å²) in [6, 6.07) is 5.10. The van der Waals surface area contributed by atoms with Crippen molar-refractivity contribution in [2.75, 3.05) is 6.61 Å². The van der Waals surface area contributed by atoms with Crippen molar-refractivity contribution in [2.45, 2.75) is 20.2 Å². The van der Waals surface area contributed by atoms with Crippen LogP contribution in [-0.4, -0.2) is 24.8 Å². The summed E-state index contributed by atoms with van der Waals surface area (Å²) in [5.41, 5.74) is 1.23. The van der Waals surface area contributed by atoms with E-state index in [4.69, 9.17) is 4.74 Å². The Morgan fingerprint density at radius 1 is 1.47 bits per heavy atom. The van der Waals surface area contributed by atoms with Crippen LogP contribution in [0.4, 0.5) is 0 Å². The van der Waals surface area contributed by atoms with Gasteiger partial charge in [-0.05, 0) is 24.0 Å². The Bertz CT molecular complexity index is 337. The lowest BCUT2D eigenvalue weighted by Gasteiger charge is -2.08. The zero-order valence-electron chi connectivity index (χ0n) is 9.06. The number of aldehydes is 1. The number of hydrogen-bond acceptors (Lipinski definition) is 3. The Labute approximate surface area is 90.2 Å². The molecule has 0 saturated carbocycles. The minimum absolute atomic E-state index is 0.527. The van der Waals surface area contributed by atoms with Gasteiger partial charge >= 0.3 is 6.92 Å². The van der Waals surface area contributed by atoms with E-state index < -0.39 is 6.92 Å². The van der Waals surface area contributed by atoms with Crippen molar-refractivity contribution in [3.05, 3.63) is 23.8 Å². The van der Waals surface area contributed by atoms with Crippen LogP contribution in [0.3, 0.4) is 0 Å². The van der Waals surface area contributed by atoms with Crippen LogP contribution < -0.4 is 10.2 Å². The first-order valence-electron chi connectivity index (χ1n) is 5.08. The first-order chi connectivity index (χ1) is 7.17. The summed E-state index contributed by atoms with van der Waals surface area (Å²) < 4.78 is 5.42. The molecule has 80 valence electrons. The summed E-state index contributed by atoms with van der Waals surface area (Å²) >= 11 is 0. The van der Waals surface area contributed by atoms with E-state index in [2.05, 4.69) is 0 Å². The molecular weight excluding hydrogens is 191 g/mol. The summed E-state index contributed by atoms with van der Waals surface area (Å²) in [5.74, 6) is 0.636. The molecule has 1 aromatic rings. The van der Waals surface area contributed by atoms with E-state index in [0.29, 0.717) is 23.4 Å². The van der Waals surface area contributed by atoms with Gasteiger partial charge in [-0.15, -0.1) is 0 Å². The number of benzene rings is 1. The molecule has 1 N–H and O–H groups in total. The van der Waals surface area contributed by atoms with Gasteiger partial charge in [-0.3, -0.25) is 4.79 Å². The summed E-state index contributed by atoms with van der Waals surface area (Å²) in [6.07, 6.45) is 1.67. The summed E-state index contributed by atoms with van der Waals surface area (Å²) in [7, 11) is 0. The molecule has 0 aliphatic heterocycles. The molecule has 0 atom stereocenters. The lowest BCUT2D eigenvalue weighted by Crippen LogP contribution is -2.26. The van der Waals surface area contributed by atoms with Gasteiger partial charge in [0.1, 0.15) is 12.0 Å². The van der Waals surface area contributed by atoms with Crippen LogP contribution in [0, 0.1) is 0 Å². The van der Waals surface area contributed by atoms with E-state index >= 15 is 0 Å². The summed E-state index contributed by atoms with van der Waals surface area (Å²) in [4.78, 5) is 10.7. The molecule has 1 rings (SSSR count). The van der Waals surface area contributed by atoms with E-state index in [1.165, 1.54) is 0 Å². The molecule has 3 nitrogen and oxygen atoms in total. The number of ether oxygens (including phenoxy) is 1. The molecule has 0 aliphatic carbocycles. The predicted molar refractivity (Wildman–Crippen MR) is 61.1 cm³/mol. The van der Waals surface area contributed by atoms with Crippen LogP contribution in [-0.2, 0) is 0 Å². The lowest BCUT2D eigenvalue weighted by molar-refractivity contribution is 0.112. The van der Waals surface area contributed by atoms with Crippen molar-refractivity contribution in [2.24, 2.45) is 0 Å². The summed E-state index contributed by atoms with van der Waals surface area (Å²) in [5, 5.41) is 9.42. The van der Waals surface area contributed by atoms with E-state index in [1.807, 2.05) is 6.92 Å². The van der Waals surface area contributed by atoms with Gasteiger partial charge in [0.2, 0.25) is 0 Å². The number of hydrogen-bond donors (Lipinski definition) is 1. The Kier molecular flexibility index (Phi) is 4.37. The average molecular weight is 206 g/mol. The monoisotopic (exact) mass is 206 g/mol. The molecular formula is C11H15BO3. The van der Waals surface area contributed by atoms with E-state index in [1.54, 1.807) is 25.0 Å². The SMILES string of the molecule is CCCOc1cc(C=O)cc(B(C)O)c1. The Hall–Kier alpha value is -1.29. The Balaban J connectivity index is 2.95. The second kappa shape index (κ2) is 5.56. The highest BCUT2D eigenvalue weighted by atomic mass is 16.5. The molecule has 0 saturated heterocycles. The highest BCUT2D eigenvalue weighted by molar-refractivity contribution is 6.64. The molecule has 4 heteroatoms. The smallest absolute Gasteiger partial charge is 0.320 e. The van der Waals surface area contributed by atoms with E-state index in [0.717, 1.165) is 12.7 Å². The van der Waals surface area contributed by atoms with Gasteiger partial charge in [0.25, 0.3) is 0 Å². The van der Waals surface area contributed by atoms with Gasteiger partial charge in [-0.2, -0.15) is 0 Å². The zero-order chi connectivity index (χ0) is 11.3. The topological polar surface area (TPSA) is 46.5 Å². The molecule has 15 heavy (non-hydrogen) atoms. The predicted octanol–water partition coefficient (Wildman–Crippen LogP) is 1.11. The minimum atomic E-state index is -0.589. The highest BCUT2D eigenvalue weighted by Crippen LogP contribution is 2.11. The van der Waals surface area contributed by atoms with Gasteiger partial charge < -0.3 is 9.76 Å². The number of carbonyl (C=O) groups excluding carboxylic acids is 1. The van der Waals surface area contributed by atoms with Crippen molar-refractivity contribution in [3.8, 4) is 5.75 Å². The third-order valence-electron chi connectivity index (χ3n) is 2.04. The largest absolute Gasteiger partial charge is 0.494 e. The summed E-state index contributed by atoms with van der Waals surface area (Å²) in [6.45, 7) is 3.70. The zero-order valence-corrected chi connectivity index (χ0v) is 9.06. The fraction of sp³-hybridized carbons (Fsp3) is 0.364. The van der Waals surface area contributed by atoms with Gasteiger partial charge in [-0.1, -0.05) is 19.8 Å². The van der Waals surface area contributed by atoms with Gasteiger partial charge in [0.15, 0.2) is 0 Å². The molecule has 0 unspecified atom stereocenters. The number of rotatable bonds is 5. The van der Waals surface area contributed by atoms with Gasteiger partial charge in [0.05, 0.1) is 6.61 Å². The second-order valence-electron chi connectivity index (χ2n) is 3.48. The van der Waals surface area contributed by atoms with Gasteiger partial charge in [0, 0.05) is 5.56 Å². The standard InChI is InChI=1S/C11H15BO3/c1-3-4-15-11-6-9(8-13)5-10(7-11)12(2)14/h5-8,14H,3-4H2,1-2H3. The van der Waals surface area contributed by atoms with Crippen LogP contribution in [0.15, 0.2) is 18.2 Å². The second-order valence-corrected chi connectivity index (χ2v) is 3.48. The number of carbonyl (C=O) groups is 1. The maximum absolute atomic E-state index is 10.7. The maximum atomic E-state index is 10.7. The van der Waals surface area contributed by atoms with Crippen LogP contribution in [0.25, 0.3) is 0 Å². The van der Waals surface area contributed by atoms with Crippen molar-refractivity contribution >= 4 is 18.7 Å². The quantitative estimate of drug-likeness (QED) is 0.579. The third-order valence-corrected chi connectivity index (χ3v) is 2.04. The molecule has 1 aromatic carbocycles. The molecule has 0 spiro atoms. The lowest BCUT2D eigenvalue weighted by atomic mass is 9.64. The van der Waals surface area contributed by atoms with Crippen molar-refractivity contribution in [3.63, 3.8) is 0 Å². The van der Waals surface area contributed by atoms with E-state index in [-0.39, 0.29) is 0 Å². The minimum Gasteiger partial charge on any atom is -0.494 e. The van der Waals surface area contributed by atoms with Crippen LogP contribution >= 0.6 is 0 Å². The fourth-order valence-electron chi connectivity index (χ4n) is 1.26. The Morgan fingerprint density at radius 2 is 2.20 bits per heavy atom. The first kappa shape index (κ1) is 11.8. The normalized spacial score (nSPS) is 9.80. The molecule has 0 radical (unpaired) electrons. The van der Waals surface area contributed by atoms with Crippen molar-refractivity contribution in [1.82, 2.24) is 0 Å². The maximum Gasteiger partial charge on any atom is 0.320 e. The van der Waals surface area contributed by atoms with Crippen LogP contribution in [0.2, 0.25) is 6.82 Å². The molecule has 0 aliphatic rings. The molecule has 0 heterocycles. The molecule has 0 amide bonds. The van der Waals surface area contributed by atoms with Gasteiger partial charge in [-0.25, -0.2) is 0 Å². The van der Waals surface area contributed by atoms with Crippen LogP contribution in [0.5, 0.6) is 5.75 Å². The molecule has 0 fully saturated rings. The average Bonchev–Trinajstić information content (AvgIpc) is 2.25. The molecule has 0 bridgehead atoms. The van der Waals surface area contributed by atoms with E-state index in [9.17, 15) is 9.82 Å². The van der Waals surface area contributed by atoms with Crippen molar-refractivity contribution in [1.29, 1.82) is 0 Å². The van der Waals surface area contributed by atoms with Crippen LogP contribution in [0.1, 0.15) is 23.7 Å². The fourth-order valence-corrected chi connectivity index (χ4v) is 1.26. The Morgan fingerprint density at radius 3 is 2.73 bits per heavy atom. The van der Waals surface area contributed by atoms with Crippen molar-refractivity contribution < 1.29 is 14.6 Å².